The molecule has 25 heavy (non-hydrogen) atoms. The second kappa shape index (κ2) is 7.08. The van der Waals surface area contributed by atoms with Gasteiger partial charge in [-0.05, 0) is 30.9 Å². The van der Waals surface area contributed by atoms with Crippen LogP contribution in [0.1, 0.15) is 24.0 Å². The number of likely N-dealkylation sites (tertiary alicyclic amines) is 1. The Morgan fingerprint density at radius 1 is 1.32 bits per heavy atom. The summed E-state index contributed by atoms with van der Waals surface area (Å²) in [7, 11) is 1.50. The van der Waals surface area contributed by atoms with Gasteiger partial charge in [0, 0.05) is 38.0 Å². The number of amides is 2. The summed E-state index contributed by atoms with van der Waals surface area (Å²) in [4.78, 5) is 28.2. The third-order valence-corrected chi connectivity index (χ3v) is 4.97. The van der Waals surface area contributed by atoms with Crippen molar-refractivity contribution >= 4 is 11.8 Å². The summed E-state index contributed by atoms with van der Waals surface area (Å²) in [5, 5.41) is 9.32. The van der Waals surface area contributed by atoms with E-state index in [1.807, 2.05) is 12.1 Å². The summed E-state index contributed by atoms with van der Waals surface area (Å²) in [6.45, 7) is 1.44. The van der Waals surface area contributed by atoms with E-state index in [9.17, 15) is 14.9 Å². The number of piperidine rings is 1. The van der Waals surface area contributed by atoms with Crippen molar-refractivity contribution in [3.63, 3.8) is 0 Å². The molecule has 6 nitrogen and oxygen atoms in total. The fourth-order valence-corrected chi connectivity index (χ4v) is 3.57. The van der Waals surface area contributed by atoms with Crippen molar-refractivity contribution in [2.75, 3.05) is 20.1 Å². The van der Waals surface area contributed by atoms with Crippen LogP contribution >= 0.6 is 0 Å². The summed E-state index contributed by atoms with van der Waals surface area (Å²) in [6, 6.07) is 9.50. The summed E-state index contributed by atoms with van der Waals surface area (Å²) >= 11 is 0. The number of rotatable bonds is 3. The fourth-order valence-electron chi connectivity index (χ4n) is 3.57. The largest absolute Gasteiger partial charge is 0.372 e. The van der Waals surface area contributed by atoms with Gasteiger partial charge in [0.15, 0.2) is 0 Å². The molecule has 2 aliphatic rings. The standard InChI is InChI=1S/C19H22N4O2/c1-22-18(24)10-17(23-8-4-7-15(21)12-23)16(19(22)25)9-13-5-2-3-6-14(13)11-20/h2-3,5-6,10,15-16H,4,7-9,12,21H2,1H3/t15-,16?/m1/s1. The molecule has 1 aromatic rings. The van der Waals surface area contributed by atoms with Crippen LogP contribution in [0.25, 0.3) is 0 Å². The average molecular weight is 338 g/mol. The van der Waals surface area contributed by atoms with E-state index in [1.54, 1.807) is 18.2 Å². The normalized spacial score (nSPS) is 24.1. The first-order valence-electron chi connectivity index (χ1n) is 8.53. The van der Waals surface area contributed by atoms with Gasteiger partial charge in [-0.1, -0.05) is 18.2 Å². The summed E-state index contributed by atoms with van der Waals surface area (Å²) in [5.74, 6) is -0.999. The minimum atomic E-state index is -0.470. The van der Waals surface area contributed by atoms with Crippen molar-refractivity contribution < 1.29 is 9.59 Å². The first kappa shape index (κ1) is 17.2. The highest BCUT2D eigenvalue weighted by molar-refractivity contribution is 6.05. The van der Waals surface area contributed by atoms with E-state index in [1.165, 1.54) is 7.05 Å². The molecule has 1 saturated heterocycles. The third-order valence-electron chi connectivity index (χ3n) is 4.97. The lowest BCUT2D eigenvalue weighted by atomic mass is 9.88. The first-order chi connectivity index (χ1) is 12.0. The number of hydrogen-bond acceptors (Lipinski definition) is 5. The first-order valence-corrected chi connectivity index (χ1v) is 8.53. The van der Waals surface area contributed by atoms with E-state index in [0.29, 0.717) is 18.5 Å². The Labute approximate surface area is 147 Å². The molecule has 2 amide bonds. The third kappa shape index (κ3) is 3.42. The highest BCUT2D eigenvalue weighted by Crippen LogP contribution is 2.29. The van der Waals surface area contributed by atoms with Crippen molar-refractivity contribution in [1.29, 1.82) is 5.26 Å². The van der Waals surface area contributed by atoms with E-state index in [-0.39, 0.29) is 17.9 Å². The molecular formula is C19H22N4O2. The van der Waals surface area contributed by atoms with Crippen molar-refractivity contribution in [1.82, 2.24) is 9.80 Å². The van der Waals surface area contributed by atoms with E-state index in [0.717, 1.165) is 35.5 Å². The number of carbonyl (C=O) groups excluding carboxylic acids is 2. The van der Waals surface area contributed by atoms with E-state index < -0.39 is 5.92 Å². The molecule has 0 bridgehead atoms. The molecule has 3 rings (SSSR count). The maximum absolute atomic E-state index is 12.8. The van der Waals surface area contributed by atoms with Crippen LogP contribution in [-0.4, -0.2) is 47.8 Å². The van der Waals surface area contributed by atoms with Gasteiger partial charge in [-0.3, -0.25) is 14.5 Å². The lowest BCUT2D eigenvalue weighted by Crippen LogP contribution is -2.50. The van der Waals surface area contributed by atoms with E-state index >= 15 is 0 Å². The second-order valence-electron chi connectivity index (χ2n) is 6.68. The van der Waals surface area contributed by atoms with Crippen LogP contribution < -0.4 is 5.73 Å². The van der Waals surface area contributed by atoms with E-state index in [2.05, 4.69) is 11.0 Å². The zero-order chi connectivity index (χ0) is 18.0. The second-order valence-corrected chi connectivity index (χ2v) is 6.68. The topological polar surface area (TPSA) is 90.4 Å². The lowest BCUT2D eigenvalue weighted by Gasteiger charge is -2.40. The summed E-state index contributed by atoms with van der Waals surface area (Å²) in [6.07, 6.45) is 3.85. The SMILES string of the molecule is CN1C(=O)C=C(N2CCC[C@@H](N)C2)C(Cc2ccccc2C#N)C1=O. The average Bonchev–Trinajstić information content (AvgIpc) is 2.62. The Morgan fingerprint density at radius 2 is 2.08 bits per heavy atom. The van der Waals surface area contributed by atoms with Gasteiger partial charge in [0.05, 0.1) is 17.6 Å². The van der Waals surface area contributed by atoms with Gasteiger partial charge >= 0.3 is 0 Å². The predicted octanol–water partition coefficient (Wildman–Crippen LogP) is 1.02. The Kier molecular flexibility index (Phi) is 4.86. The molecule has 2 atom stereocenters. The molecular weight excluding hydrogens is 316 g/mol. The Balaban J connectivity index is 1.95. The van der Waals surface area contributed by atoms with Gasteiger partial charge in [0.2, 0.25) is 5.91 Å². The van der Waals surface area contributed by atoms with Gasteiger partial charge in [0.25, 0.3) is 5.91 Å². The number of nitrogens with two attached hydrogens (primary N) is 1. The fraction of sp³-hybridized carbons (Fsp3) is 0.421. The molecule has 2 heterocycles. The smallest absolute Gasteiger partial charge is 0.254 e. The molecule has 0 aromatic heterocycles. The predicted molar refractivity (Wildman–Crippen MR) is 93.0 cm³/mol. The van der Waals surface area contributed by atoms with Crippen LogP contribution in [-0.2, 0) is 16.0 Å². The minimum Gasteiger partial charge on any atom is -0.372 e. The monoisotopic (exact) mass is 338 g/mol. The molecule has 0 spiro atoms. The summed E-state index contributed by atoms with van der Waals surface area (Å²) < 4.78 is 0. The van der Waals surface area contributed by atoms with Crippen LogP contribution in [0.2, 0.25) is 0 Å². The number of likely N-dealkylation sites (N-methyl/N-ethyl adjacent to an activating group) is 1. The molecule has 0 radical (unpaired) electrons. The van der Waals surface area contributed by atoms with Gasteiger partial charge < -0.3 is 10.6 Å². The number of nitriles is 1. The molecule has 6 heteroatoms. The van der Waals surface area contributed by atoms with Crippen LogP contribution in [0, 0.1) is 17.2 Å². The van der Waals surface area contributed by atoms with Crippen LogP contribution in [0.15, 0.2) is 36.0 Å². The van der Waals surface area contributed by atoms with Crippen molar-refractivity contribution in [2.24, 2.45) is 11.7 Å². The van der Waals surface area contributed by atoms with E-state index in [4.69, 9.17) is 5.73 Å². The molecule has 2 N–H and O–H groups in total. The molecule has 1 aromatic carbocycles. The number of imide groups is 1. The Bertz CT molecular complexity index is 765. The number of hydrogen-bond donors (Lipinski definition) is 1. The molecule has 2 aliphatic heterocycles. The molecule has 1 fully saturated rings. The Hall–Kier alpha value is -2.65. The quantitative estimate of drug-likeness (QED) is 0.831. The van der Waals surface area contributed by atoms with Crippen molar-refractivity contribution in [3.05, 3.63) is 47.2 Å². The number of carbonyl (C=O) groups is 2. The Morgan fingerprint density at radius 3 is 2.80 bits per heavy atom. The lowest BCUT2D eigenvalue weighted by molar-refractivity contribution is -0.144. The zero-order valence-electron chi connectivity index (χ0n) is 14.3. The molecule has 1 unspecified atom stereocenters. The van der Waals surface area contributed by atoms with Gasteiger partial charge in [-0.2, -0.15) is 5.26 Å². The molecule has 130 valence electrons. The number of benzene rings is 1. The van der Waals surface area contributed by atoms with Gasteiger partial charge in [0.1, 0.15) is 0 Å². The van der Waals surface area contributed by atoms with Crippen LogP contribution in [0.5, 0.6) is 0 Å². The summed E-state index contributed by atoms with van der Waals surface area (Å²) in [5.41, 5.74) is 8.19. The molecule has 0 aliphatic carbocycles. The molecule has 0 saturated carbocycles. The van der Waals surface area contributed by atoms with Crippen LogP contribution in [0.3, 0.4) is 0 Å². The van der Waals surface area contributed by atoms with Gasteiger partial charge in [-0.25, -0.2) is 0 Å². The van der Waals surface area contributed by atoms with Gasteiger partial charge in [-0.15, -0.1) is 0 Å². The van der Waals surface area contributed by atoms with Crippen molar-refractivity contribution in [2.45, 2.75) is 25.3 Å². The van der Waals surface area contributed by atoms with Crippen LogP contribution in [0.4, 0.5) is 0 Å². The maximum Gasteiger partial charge on any atom is 0.254 e. The maximum atomic E-state index is 12.8. The number of nitrogens with zero attached hydrogens (tertiary/aromatic N) is 3. The zero-order valence-corrected chi connectivity index (χ0v) is 14.3. The van der Waals surface area contributed by atoms with Crippen molar-refractivity contribution in [3.8, 4) is 6.07 Å². The minimum absolute atomic E-state index is 0.0477. The highest BCUT2D eigenvalue weighted by Gasteiger charge is 2.37. The highest BCUT2D eigenvalue weighted by atomic mass is 16.2.